The van der Waals surface area contributed by atoms with Crippen LogP contribution in [0, 0.1) is 0 Å². The number of hydrogen-bond donors (Lipinski definition) is 0. The van der Waals surface area contributed by atoms with E-state index >= 15 is 0 Å². The molecule has 0 fully saturated rings. The van der Waals surface area contributed by atoms with Crippen LogP contribution in [0.5, 0.6) is 0 Å². The Bertz CT molecular complexity index is 2420. The molecule has 0 N–H and O–H groups in total. The molecule has 214 valence electrons. The van der Waals surface area contributed by atoms with E-state index in [4.69, 9.17) is 19.9 Å². The fourth-order valence-electron chi connectivity index (χ4n) is 6.53. The van der Waals surface area contributed by atoms with Gasteiger partial charge in [0.05, 0.1) is 22.4 Å². The third-order valence-corrected chi connectivity index (χ3v) is 8.86. The van der Waals surface area contributed by atoms with Crippen LogP contribution in [0.2, 0.25) is 0 Å². The molecule has 4 nitrogen and oxygen atoms in total. The van der Waals surface area contributed by atoms with Crippen LogP contribution in [-0.2, 0) is 0 Å². The first-order valence-corrected chi connectivity index (χ1v) is 15.4. The minimum absolute atomic E-state index is 0.848. The van der Waals surface area contributed by atoms with Crippen LogP contribution < -0.4 is 0 Å². The molecule has 0 amide bonds. The molecular weight excluding hydrogens is 560 g/mol. The fourth-order valence-corrected chi connectivity index (χ4v) is 6.53. The molecule has 0 aliphatic heterocycles. The van der Waals surface area contributed by atoms with Gasteiger partial charge >= 0.3 is 0 Å². The SMILES string of the molecule is c1ccc2cc(-c3ccnc(-c4ccnc5c4ccc4c(-c6cc(-c7ccc8ccccc8c7)ccn6)ccnc45)c3)ccc2c1. The lowest BCUT2D eigenvalue weighted by atomic mass is 9.97. The maximum absolute atomic E-state index is 4.83. The summed E-state index contributed by atoms with van der Waals surface area (Å²) in [5, 5.41) is 6.93. The largest absolute Gasteiger partial charge is 0.256 e. The topological polar surface area (TPSA) is 51.6 Å². The molecule has 46 heavy (non-hydrogen) atoms. The Hall–Kier alpha value is -6.26. The summed E-state index contributed by atoms with van der Waals surface area (Å²) in [5.74, 6) is 0. The van der Waals surface area contributed by atoms with Crippen molar-refractivity contribution in [3.05, 3.63) is 158 Å². The van der Waals surface area contributed by atoms with Crippen molar-refractivity contribution in [2.75, 3.05) is 0 Å². The number of pyridine rings is 4. The van der Waals surface area contributed by atoms with Gasteiger partial charge < -0.3 is 0 Å². The summed E-state index contributed by atoms with van der Waals surface area (Å²) in [6, 6.07) is 46.9. The first kappa shape index (κ1) is 26.2. The minimum Gasteiger partial charge on any atom is -0.256 e. The summed E-state index contributed by atoms with van der Waals surface area (Å²) >= 11 is 0. The second-order valence-electron chi connectivity index (χ2n) is 11.6. The molecule has 0 saturated heterocycles. The van der Waals surface area contributed by atoms with E-state index in [2.05, 4.69) is 121 Å². The Morgan fingerprint density at radius 1 is 0.304 bits per heavy atom. The molecule has 0 radical (unpaired) electrons. The quantitative estimate of drug-likeness (QED) is 0.193. The molecule has 5 aromatic carbocycles. The van der Waals surface area contributed by atoms with Gasteiger partial charge in [-0.1, -0.05) is 84.9 Å². The van der Waals surface area contributed by atoms with E-state index in [-0.39, 0.29) is 0 Å². The van der Waals surface area contributed by atoms with Crippen LogP contribution in [0.3, 0.4) is 0 Å². The fraction of sp³-hybridized carbons (Fsp3) is 0. The van der Waals surface area contributed by atoms with E-state index in [1.54, 1.807) is 0 Å². The lowest BCUT2D eigenvalue weighted by Crippen LogP contribution is -1.93. The molecular formula is C42H26N4. The van der Waals surface area contributed by atoms with Crippen molar-refractivity contribution in [3.8, 4) is 44.8 Å². The highest BCUT2D eigenvalue weighted by Crippen LogP contribution is 2.36. The maximum atomic E-state index is 4.83. The maximum Gasteiger partial charge on any atom is 0.0971 e. The zero-order valence-electron chi connectivity index (χ0n) is 24.8. The van der Waals surface area contributed by atoms with E-state index in [0.717, 1.165) is 66.6 Å². The third-order valence-electron chi connectivity index (χ3n) is 8.86. The lowest BCUT2D eigenvalue weighted by molar-refractivity contribution is 1.31. The number of benzene rings is 5. The molecule has 9 rings (SSSR count). The van der Waals surface area contributed by atoms with E-state index in [0.29, 0.717) is 0 Å². The summed E-state index contributed by atoms with van der Waals surface area (Å²) in [4.78, 5) is 19.2. The monoisotopic (exact) mass is 586 g/mol. The average Bonchev–Trinajstić information content (AvgIpc) is 3.14. The van der Waals surface area contributed by atoms with Crippen LogP contribution in [0.4, 0.5) is 0 Å². The van der Waals surface area contributed by atoms with Gasteiger partial charge in [-0.15, -0.1) is 0 Å². The van der Waals surface area contributed by atoms with Crippen LogP contribution in [0.25, 0.3) is 88.1 Å². The van der Waals surface area contributed by atoms with E-state index in [1.165, 1.54) is 21.5 Å². The van der Waals surface area contributed by atoms with Crippen molar-refractivity contribution < 1.29 is 0 Å². The van der Waals surface area contributed by atoms with Crippen molar-refractivity contribution >= 4 is 43.4 Å². The second kappa shape index (κ2) is 10.7. The predicted molar refractivity (Wildman–Crippen MR) is 189 cm³/mol. The van der Waals surface area contributed by atoms with Gasteiger partial charge in [-0.2, -0.15) is 0 Å². The summed E-state index contributed by atoms with van der Waals surface area (Å²) in [5.41, 5.74) is 10.1. The molecule has 4 aromatic heterocycles. The highest BCUT2D eigenvalue weighted by Gasteiger charge is 2.14. The zero-order chi connectivity index (χ0) is 30.5. The molecule has 4 heterocycles. The highest BCUT2D eigenvalue weighted by molar-refractivity contribution is 6.11. The summed E-state index contributed by atoms with van der Waals surface area (Å²) in [6.45, 7) is 0. The van der Waals surface area contributed by atoms with Gasteiger partial charge in [0.25, 0.3) is 0 Å². The average molecular weight is 587 g/mol. The van der Waals surface area contributed by atoms with Crippen molar-refractivity contribution in [1.29, 1.82) is 0 Å². The molecule has 0 bridgehead atoms. The number of aromatic nitrogens is 4. The highest BCUT2D eigenvalue weighted by atomic mass is 14.7. The molecule has 9 aromatic rings. The first-order valence-electron chi connectivity index (χ1n) is 15.4. The molecule has 4 heteroatoms. The number of rotatable bonds is 4. The van der Waals surface area contributed by atoms with E-state index in [9.17, 15) is 0 Å². The Morgan fingerprint density at radius 2 is 0.717 bits per heavy atom. The summed E-state index contributed by atoms with van der Waals surface area (Å²) < 4.78 is 0. The third kappa shape index (κ3) is 4.47. The molecule has 0 spiro atoms. The van der Waals surface area contributed by atoms with Gasteiger partial charge in [0, 0.05) is 46.7 Å². The molecule has 0 unspecified atom stereocenters. The van der Waals surface area contributed by atoms with Crippen molar-refractivity contribution in [1.82, 2.24) is 19.9 Å². The van der Waals surface area contributed by atoms with Gasteiger partial charge in [0.15, 0.2) is 0 Å². The van der Waals surface area contributed by atoms with Crippen LogP contribution >= 0.6 is 0 Å². The number of fused-ring (bicyclic) bond motifs is 5. The Kier molecular flexibility index (Phi) is 6.10. The minimum atomic E-state index is 0.848. The Morgan fingerprint density at radius 3 is 1.20 bits per heavy atom. The summed E-state index contributed by atoms with van der Waals surface area (Å²) in [6.07, 6.45) is 7.48. The van der Waals surface area contributed by atoms with Crippen LogP contribution in [0.1, 0.15) is 0 Å². The van der Waals surface area contributed by atoms with E-state index < -0.39 is 0 Å². The molecule has 0 aliphatic rings. The first-order chi connectivity index (χ1) is 22.8. The van der Waals surface area contributed by atoms with E-state index in [1.807, 2.05) is 36.9 Å². The molecule has 0 saturated carbocycles. The van der Waals surface area contributed by atoms with Gasteiger partial charge in [-0.05, 0) is 92.3 Å². The normalized spacial score (nSPS) is 11.5. The predicted octanol–water partition coefficient (Wildman–Crippen LogP) is 10.5. The van der Waals surface area contributed by atoms with Gasteiger partial charge in [0.2, 0.25) is 0 Å². The number of nitrogens with zero attached hydrogens (tertiary/aromatic N) is 4. The second-order valence-corrected chi connectivity index (χ2v) is 11.6. The number of hydrogen-bond acceptors (Lipinski definition) is 4. The Labute approximate surface area is 265 Å². The Balaban J connectivity index is 1.14. The smallest absolute Gasteiger partial charge is 0.0971 e. The van der Waals surface area contributed by atoms with Crippen molar-refractivity contribution in [2.24, 2.45) is 0 Å². The van der Waals surface area contributed by atoms with Gasteiger partial charge in [-0.3, -0.25) is 19.9 Å². The standard InChI is InChI=1S/C42H26N4/c1-3-7-29-23-31(11-9-27(29)5-1)33-15-19-43-39(25-33)35-17-21-45-41-37(35)13-14-38-36(18-22-46-42(38)41)40-26-34(16-20-44-40)32-12-10-28-6-2-4-8-30(28)24-32/h1-26H. The molecule has 0 atom stereocenters. The van der Waals surface area contributed by atoms with Gasteiger partial charge in [0.1, 0.15) is 0 Å². The van der Waals surface area contributed by atoms with Crippen molar-refractivity contribution in [2.45, 2.75) is 0 Å². The molecule has 0 aliphatic carbocycles. The van der Waals surface area contributed by atoms with Crippen molar-refractivity contribution in [3.63, 3.8) is 0 Å². The van der Waals surface area contributed by atoms with Crippen LogP contribution in [0.15, 0.2) is 158 Å². The zero-order valence-corrected chi connectivity index (χ0v) is 24.8. The summed E-state index contributed by atoms with van der Waals surface area (Å²) in [7, 11) is 0. The lowest BCUT2D eigenvalue weighted by Gasteiger charge is -2.12. The van der Waals surface area contributed by atoms with Crippen LogP contribution in [-0.4, -0.2) is 19.9 Å². The van der Waals surface area contributed by atoms with Gasteiger partial charge in [-0.25, -0.2) is 0 Å².